The number of hydrogen-bond donors (Lipinski definition) is 0. The molecule has 0 amide bonds. The summed E-state index contributed by atoms with van der Waals surface area (Å²) >= 11 is 2.22. The topological polar surface area (TPSA) is 51.2 Å². The van der Waals surface area contributed by atoms with Gasteiger partial charge in [0.2, 0.25) is 0 Å². The van der Waals surface area contributed by atoms with Crippen molar-refractivity contribution in [1.29, 1.82) is 0 Å². The Labute approximate surface area is 127 Å². The third kappa shape index (κ3) is 3.85. The molecule has 19 heavy (non-hydrogen) atoms. The summed E-state index contributed by atoms with van der Waals surface area (Å²) in [5, 5.41) is 0. The monoisotopic (exact) mass is 400 g/mol. The summed E-state index contributed by atoms with van der Waals surface area (Å²) in [6.07, 6.45) is 0. The van der Waals surface area contributed by atoms with E-state index in [4.69, 9.17) is 0 Å². The van der Waals surface area contributed by atoms with Gasteiger partial charge in [-0.3, -0.25) is 0 Å². The van der Waals surface area contributed by atoms with E-state index in [0.717, 1.165) is 8.82 Å². The summed E-state index contributed by atoms with van der Waals surface area (Å²) in [6.45, 7) is 0. The van der Waals surface area contributed by atoms with Crippen LogP contribution >= 0.6 is 15.9 Å². The molecule has 0 radical (unpaired) electrons. The first-order chi connectivity index (χ1) is 9.01. The number of benzene rings is 2. The average Bonchev–Trinajstić information content (AvgIpc) is 2.40. The molecule has 0 heterocycles. The van der Waals surface area contributed by atoms with E-state index in [-0.39, 0.29) is 5.75 Å². The Kier molecular flexibility index (Phi) is 4.71. The Morgan fingerprint density at radius 1 is 0.947 bits per heavy atom. The van der Waals surface area contributed by atoms with E-state index in [2.05, 4.69) is 15.9 Å². The van der Waals surface area contributed by atoms with Gasteiger partial charge >= 0.3 is 127 Å². The first-order valence-electron chi connectivity index (χ1n) is 5.42. The van der Waals surface area contributed by atoms with Crippen molar-refractivity contribution in [3.8, 4) is 0 Å². The molecule has 0 atom stereocenters. The molecular formula is C13H10AsBrO3S. The van der Waals surface area contributed by atoms with Crippen LogP contribution in [-0.2, 0) is 19.3 Å². The van der Waals surface area contributed by atoms with Crippen LogP contribution in [0.25, 0.3) is 0 Å². The van der Waals surface area contributed by atoms with Crippen molar-refractivity contribution in [1.82, 2.24) is 0 Å². The Balaban J connectivity index is 2.25. The van der Waals surface area contributed by atoms with Gasteiger partial charge in [-0.1, -0.05) is 0 Å². The van der Waals surface area contributed by atoms with Crippen molar-refractivity contribution < 1.29 is 12.2 Å². The summed E-state index contributed by atoms with van der Waals surface area (Å²) in [5.41, 5.74) is 0.696. The molecule has 0 aliphatic rings. The van der Waals surface area contributed by atoms with Gasteiger partial charge in [0.1, 0.15) is 0 Å². The molecule has 0 bridgehead atoms. The summed E-state index contributed by atoms with van der Waals surface area (Å²) < 4.78 is 36.7. The van der Waals surface area contributed by atoms with Gasteiger partial charge in [0.25, 0.3) is 0 Å². The Hall–Kier alpha value is -0.772. The SMILES string of the molecule is O=[As]c1ccc(CS(=O)(=O)c2ccc(Br)cc2)cc1. The van der Waals surface area contributed by atoms with Crippen LogP contribution in [-0.4, -0.2) is 24.1 Å². The number of sulfone groups is 1. The van der Waals surface area contributed by atoms with Crippen LogP contribution in [0.15, 0.2) is 57.9 Å². The van der Waals surface area contributed by atoms with Crippen molar-refractivity contribution in [2.75, 3.05) is 0 Å². The van der Waals surface area contributed by atoms with Gasteiger partial charge in [-0.05, 0) is 0 Å². The van der Waals surface area contributed by atoms with E-state index in [0.29, 0.717) is 10.5 Å². The van der Waals surface area contributed by atoms with Gasteiger partial charge in [-0.25, -0.2) is 0 Å². The van der Waals surface area contributed by atoms with Gasteiger partial charge in [0, 0.05) is 0 Å². The van der Waals surface area contributed by atoms with Gasteiger partial charge < -0.3 is 0 Å². The normalized spacial score (nSPS) is 11.6. The Morgan fingerprint density at radius 3 is 2.05 bits per heavy atom. The predicted octanol–water partition coefficient (Wildman–Crippen LogP) is 2.10. The van der Waals surface area contributed by atoms with Crippen LogP contribution in [0.1, 0.15) is 5.56 Å². The van der Waals surface area contributed by atoms with Gasteiger partial charge in [0.05, 0.1) is 0 Å². The molecule has 0 unspecified atom stereocenters. The van der Waals surface area contributed by atoms with Crippen LogP contribution in [0.3, 0.4) is 0 Å². The standard InChI is InChI=1S/C13H10AsBrO3S/c15-12-5-7-13(8-6-12)19(17,18)9-10-1-3-11(14-16)4-2-10/h1-8H,9H2. The van der Waals surface area contributed by atoms with Crippen LogP contribution in [0.4, 0.5) is 0 Å². The molecule has 0 saturated carbocycles. The van der Waals surface area contributed by atoms with Crippen molar-refractivity contribution in [2.45, 2.75) is 10.6 Å². The third-order valence-electron chi connectivity index (χ3n) is 2.57. The fraction of sp³-hybridized carbons (Fsp3) is 0.0769. The maximum absolute atomic E-state index is 12.2. The molecule has 0 aromatic heterocycles. The Bertz CT molecular complexity index is 679. The van der Waals surface area contributed by atoms with Crippen LogP contribution < -0.4 is 4.35 Å². The quantitative estimate of drug-likeness (QED) is 0.738. The minimum atomic E-state index is -3.34. The molecule has 2 rings (SSSR count). The molecular weight excluding hydrogens is 391 g/mol. The maximum atomic E-state index is 12.2. The summed E-state index contributed by atoms with van der Waals surface area (Å²) in [7, 11) is -3.34. The third-order valence-corrected chi connectivity index (χ3v) is 5.87. The zero-order chi connectivity index (χ0) is 13.9. The van der Waals surface area contributed by atoms with E-state index in [1.165, 1.54) is 0 Å². The predicted molar refractivity (Wildman–Crippen MR) is 77.5 cm³/mol. The fourth-order valence-corrected chi connectivity index (χ4v) is 3.78. The average molecular weight is 401 g/mol. The summed E-state index contributed by atoms with van der Waals surface area (Å²) in [5.74, 6) is -0.0513. The van der Waals surface area contributed by atoms with Crippen molar-refractivity contribution in [2.24, 2.45) is 0 Å². The molecule has 98 valence electrons. The second kappa shape index (κ2) is 6.12. The van der Waals surface area contributed by atoms with Crippen molar-refractivity contribution in [3.63, 3.8) is 0 Å². The van der Waals surface area contributed by atoms with Crippen LogP contribution in [0.5, 0.6) is 0 Å². The molecule has 2 aromatic rings. The van der Waals surface area contributed by atoms with Crippen LogP contribution in [0, 0.1) is 0 Å². The number of rotatable bonds is 4. The number of halogens is 1. The zero-order valence-electron chi connectivity index (χ0n) is 9.78. The summed E-state index contributed by atoms with van der Waals surface area (Å²) in [6, 6.07) is 13.4. The van der Waals surface area contributed by atoms with E-state index < -0.39 is 25.5 Å². The van der Waals surface area contributed by atoms with Crippen molar-refractivity contribution >= 4 is 45.8 Å². The minimum absolute atomic E-state index is 0.0513. The molecule has 6 heteroatoms. The second-order valence-electron chi connectivity index (χ2n) is 3.97. The molecule has 0 fully saturated rings. The molecule has 0 aliphatic heterocycles. The molecule has 2 aromatic carbocycles. The Morgan fingerprint density at radius 2 is 1.53 bits per heavy atom. The van der Waals surface area contributed by atoms with E-state index in [1.807, 2.05) is 0 Å². The van der Waals surface area contributed by atoms with E-state index >= 15 is 0 Å². The van der Waals surface area contributed by atoms with Gasteiger partial charge in [-0.15, -0.1) is 0 Å². The second-order valence-corrected chi connectivity index (χ2v) is 8.34. The number of hydrogen-bond acceptors (Lipinski definition) is 3. The fourth-order valence-electron chi connectivity index (χ4n) is 1.60. The van der Waals surface area contributed by atoms with Gasteiger partial charge in [0.15, 0.2) is 0 Å². The molecule has 3 nitrogen and oxygen atoms in total. The molecule has 0 N–H and O–H groups in total. The van der Waals surface area contributed by atoms with Crippen molar-refractivity contribution in [3.05, 3.63) is 58.6 Å². The summed E-state index contributed by atoms with van der Waals surface area (Å²) in [4.78, 5) is 0.301. The van der Waals surface area contributed by atoms with E-state index in [9.17, 15) is 12.2 Å². The first-order valence-corrected chi connectivity index (χ1v) is 9.57. The van der Waals surface area contributed by atoms with Crippen LogP contribution in [0.2, 0.25) is 0 Å². The first kappa shape index (κ1) is 14.6. The molecule has 0 aliphatic carbocycles. The van der Waals surface area contributed by atoms with Gasteiger partial charge in [-0.2, -0.15) is 0 Å². The molecule has 0 saturated heterocycles. The molecule has 0 spiro atoms. The van der Waals surface area contributed by atoms with E-state index in [1.54, 1.807) is 48.5 Å². The zero-order valence-corrected chi connectivity index (χ0v) is 14.1.